The smallest absolute Gasteiger partial charge is 0.411 e. The highest BCUT2D eigenvalue weighted by molar-refractivity contribution is 7.89. The Morgan fingerprint density at radius 2 is 1.94 bits per heavy atom. The molecular formula is C32H36ClN9O6S. The van der Waals surface area contributed by atoms with Crippen molar-refractivity contribution in [3.63, 3.8) is 0 Å². The number of rotatable bonds is 11. The standard InChI is InChI=1S/C32H36ClN9O6S/c1-20(2)49(46,47)41-14-4-5-21(18-41)15-27(36-30(43)13-8-23-16-24(33)9-12-29(23)42-19-34-39-40-42)28-17-26(31(44)38-37-28)22-6-10-25(11-7-22)35-32(45)48-3/h6-13,16-17,19-21,27H,4-5,14-15,18H2,1-3H3,(H,35,45)(H,36,43)(H,38,44)/b13-8+/t21?,27-/m0/s1. The van der Waals surface area contributed by atoms with Gasteiger partial charge in [0.25, 0.3) is 5.56 Å². The first-order chi connectivity index (χ1) is 23.4. The number of aromatic amines is 1. The largest absolute Gasteiger partial charge is 0.453 e. The maximum Gasteiger partial charge on any atom is 0.411 e. The van der Waals surface area contributed by atoms with Crippen LogP contribution >= 0.6 is 11.6 Å². The first-order valence-electron chi connectivity index (χ1n) is 15.5. The topological polar surface area (TPSA) is 194 Å². The summed E-state index contributed by atoms with van der Waals surface area (Å²) in [5, 5.41) is 23.6. The number of benzene rings is 2. The average molecular weight is 710 g/mol. The fraction of sp³-hybridized carbons (Fsp3) is 0.344. The fourth-order valence-corrected chi connectivity index (χ4v) is 7.16. The van der Waals surface area contributed by atoms with Gasteiger partial charge >= 0.3 is 6.09 Å². The molecule has 5 rings (SSSR count). The third-order valence-corrected chi connectivity index (χ3v) is 10.6. The van der Waals surface area contributed by atoms with E-state index in [1.807, 2.05) is 0 Å². The van der Waals surface area contributed by atoms with Gasteiger partial charge in [0.15, 0.2) is 0 Å². The Bertz CT molecular complexity index is 1980. The number of ether oxygens (including phenoxy) is 1. The predicted molar refractivity (Wildman–Crippen MR) is 183 cm³/mol. The zero-order chi connectivity index (χ0) is 35.1. The summed E-state index contributed by atoms with van der Waals surface area (Å²) in [4.78, 5) is 38.0. The highest BCUT2D eigenvalue weighted by Crippen LogP contribution is 2.30. The van der Waals surface area contributed by atoms with Gasteiger partial charge in [0.05, 0.1) is 35.3 Å². The van der Waals surface area contributed by atoms with Crippen LogP contribution in [0.15, 0.2) is 65.7 Å². The molecule has 2 aromatic heterocycles. The Kier molecular flexibility index (Phi) is 11.2. The van der Waals surface area contributed by atoms with Gasteiger partial charge in [-0.3, -0.25) is 14.9 Å². The molecule has 0 bridgehead atoms. The van der Waals surface area contributed by atoms with Crippen LogP contribution in [-0.2, 0) is 19.6 Å². The lowest BCUT2D eigenvalue weighted by atomic mass is 9.90. The summed E-state index contributed by atoms with van der Waals surface area (Å²) >= 11 is 6.24. The third-order valence-electron chi connectivity index (χ3n) is 8.13. The molecule has 1 unspecified atom stereocenters. The number of anilines is 1. The second kappa shape index (κ2) is 15.5. The summed E-state index contributed by atoms with van der Waals surface area (Å²) in [6.07, 6.45) is 5.50. The van der Waals surface area contributed by atoms with Crippen LogP contribution in [0, 0.1) is 5.92 Å². The molecule has 2 atom stereocenters. The van der Waals surface area contributed by atoms with Crippen LogP contribution in [0.4, 0.5) is 10.5 Å². The molecule has 1 aliphatic rings. The minimum Gasteiger partial charge on any atom is -0.453 e. The van der Waals surface area contributed by atoms with Crippen LogP contribution in [0.25, 0.3) is 22.9 Å². The summed E-state index contributed by atoms with van der Waals surface area (Å²) in [6, 6.07) is 12.6. The van der Waals surface area contributed by atoms with Gasteiger partial charge in [-0.1, -0.05) is 23.7 Å². The molecule has 258 valence electrons. The molecule has 49 heavy (non-hydrogen) atoms. The van der Waals surface area contributed by atoms with E-state index in [0.29, 0.717) is 64.7 Å². The van der Waals surface area contributed by atoms with E-state index in [4.69, 9.17) is 11.6 Å². The molecule has 0 aliphatic carbocycles. The van der Waals surface area contributed by atoms with Gasteiger partial charge in [0.1, 0.15) is 6.33 Å². The van der Waals surface area contributed by atoms with Crippen LogP contribution < -0.4 is 16.2 Å². The number of nitrogens with zero attached hydrogens (tertiary/aromatic N) is 6. The van der Waals surface area contributed by atoms with Gasteiger partial charge in [-0.25, -0.2) is 22.6 Å². The van der Waals surface area contributed by atoms with Crippen molar-refractivity contribution in [2.24, 2.45) is 5.92 Å². The SMILES string of the molecule is COC(=O)Nc1ccc(-c2cc([C@H](CC3CCCN(S(=O)(=O)C(C)C)C3)NC(=O)/C=C/c3cc(Cl)ccc3-n3cnnn3)n[nH]c2=O)cc1. The van der Waals surface area contributed by atoms with Crippen molar-refractivity contribution < 1.29 is 22.7 Å². The van der Waals surface area contributed by atoms with Crippen molar-refractivity contribution in [1.82, 2.24) is 40.0 Å². The van der Waals surface area contributed by atoms with Crippen LogP contribution in [0.5, 0.6) is 0 Å². The Morgan fingerprint density at radius 1 is 1.16 bits per heavy atom. The third kappa shape index (κ3) is 8.76. The molecule has 0 saturated carbocycles. The summed E-state index contributed by atoms with van der Waals surface area (Å²) in [6.45, 7) is 4.04. The lowest BCUT2D eigenvalue weighted by Gasteiger charge is -2.34. The molecule has 1 aliphatic heterocycles. The number of H-pyrrole nitrogens is 1. The Balaban J connectivity index is 1.44. The molecule has 1 saturated heterocycles. The first-order valence-corrected chi connectivity index (χ1v) is 17.4. The molecule has 17 heteroatoms. The predicted octanol–water partition coefficient (Wildman–Crippen LogP) is 3.96. The number of hydrogen-bond acceptors (Lipinski definition) is 10. The van der Waals surface area contributed by atoms with E-state index in [-0.39, 0.29) is 5.92 Å². The summed E-state index contributed by atoms with van der Waals surface area (Å²) in [7, 11) is -2.22. The Morgan fingerprint density at radius 3 is 2.63 bits per heavy atom. The van der Waals surface area contributed by atoms with E-state index >= 15 is 0 Å². The van der Waals surface area contributed by atoms with Gasteiger partial charge in [0, 0.05) is 35.4 Å². The first kappa shape index (κ1) is 35.4. The molecule has 1 fully saturated rings. The number of methoxy groups -OCH3 is 1. The maximum absolute atomic E-state index is 13.5. The van der Waals surface area contributed by atoms with Gasteiger partial charge in [0.2, 0.25) is 15.9 Å². The summed E-state index contributed by atoms with van der Waals surface area (Å²) in [5.41, 5.74) is 2.43. The van der Waals surface area contributed by atoms with Crippen LogP contribution in [-0.4, -0.2) is 80.6 Å². The normalized spacial score (nSPS) is 16.1. The number of sulfonamides is 1. The number of tetrazole rings is 1. The highest BCUT2D eigenvalue weighted by atomic mass is 35.5. The van der Waals surface area contributed by atoms with Crippen LogP contribution in [0.1, 0.15) is 50.4 Å². The van der Waals surface area contributed by atoms with Crippen molar-refractivity contribution in [3.8, 4) is 16.8 Å². The number of piperidine rings is 1. The van der Waals surface area contributed by atoms with Crippen molar-refractivity contribution in [1.29, 1.82) is 0 Å². The number of amides is 2. The number of carbonyl (C=O) groups excluding carboxylic acids is 2. The van der Waals surface area contributed by atoms with E-state index in [2.05, 4.69) is 41.1 Å². The van der Waals surface area contributed by atoms with Crippen molar-refractivity contribution in [2.75, 3.05) is 25.5 Å². The minimum atomic E-state index is -3.47. The molecule has 0 spiro atoms. The zero-order valence-electron chi connectivity index (χ0n) is 27.0. The van der Waals surface area contributed by atoms with Gasteiger partial charge < -0.3 is 10.1 Å². The summed E-state index contributed by atoms with van der Waals surface area (Å²) in [5.74, 6) is -0.556. The molecule has 4 aromatic rings. The van der Waals surface area contributed by atoms with E-state index < -0.39 is 38.9 Å². The van der Waals surface area contributed by atoms with Gasteiger partial charge in [-0.15, -0.1) is 5.10 Å². The molecule has 2 aromatic carbocycles. The monoisotopic (exact) mass is 709 g/mol. The van der Waals surface area contributed by atoms with E-state index in [0.717, 1.165) is 6.42 Å². The van der Waals surface area contributed by atoms with Crippen LogP contribution in [0.3, 0.4) is 0 Å². The minimum absolute atomic E-state index is 0.100. The summed E-state index contributed by atoms with van der Waals surface area (Å²) < 4.78 is 33.6. The molecule has 0 radical (unpaired) electrons. The lowest BCUT2D eigenvalue weighted by Crippen LogP contribution is -2.44. The number of carbonyl (C=O) groups is 2. The molecule has 2 amide bonds. The number of halogens is 1. The average Bonchev–Trinajstić information content (AvgIpc) is 3.63. The molecule has 15 nitrogen and oxygen atoms in total. The van der Waals surface area contributed by atoms with E-state index in [1.54, 1.807) is 68.5 Å². The highest BCUT2D eigenvalue weighted by Gasteiger charge is 2.33. The van der Waals surface area contributed by atoms with Crippen molar-refractivity contribution in [3.05, 3.63) is 87.6 Å². The Labute approximate surface area is 287 Å². The van der Waals surface area contributed by atoms with Crippen molar-refractivity contribution >= 4 is 45.4 Å². The van der Waals surface area contributed by atoms with E-state index in [9.17, 15) is 22.8 Å². The number of hydrogen-bond donors (Lipinski definition) is 3. The quantitative estimate of drug-likeness (QED) is 0.192. The van der Waals surface area contributed by atoms with E-state index in [1.165, 1.54) is 28.5 Å². The number of nitrogens with one attached hydrogen (secondary N) is 3. The lowest BCUT2D eigenvalue weighted by molar-refractivity contribution is -0.117. The molecule has 3 N–H and O–H groups in total. The Hall–Kier alpha value is -4.93. The molecule has 3 heterocycles. The van der Waals surface area contributed by atoms with Gasteiger partial charge in [-0.05, 0) is 97.5 Å². The second-order valence-electron chi connectivity index (χ2n) is 11.8. The van der Waals surface area contributed by atoms with Crippen LogP contribution in [0.2, 0.25) is 5.02 Å². The van der Waals surface area contributed by atoms with Crippen molar-refractivity contribution in [2.45, 2.75) is 44.4 Å². The fourth-order valence-electron chi connectivity index (χ4n) is 5.58. The number of aromatic nitrogens is 6. The molecular weight excluding hydrogens is 674 g/mol. The maximum atomic E-state index is 13.5. The zero-order valence-corrected chi connectivity index (χ0v) is 28.6. The second-order valence-corrected chi connectivity index (χ2v) is 14.7. The van der Waals surface area contributed by atoms with Gasteiger partial charge in [-0.2, -0.15) is 9.78 Å².